The molecule has 2 rings (SSSR count). The van der Waals surface area contributed by atoms with E-state index in [2.05, 4.69) is 44.9 Å². The Bertz CT molecular complexity index is 332. The van der Waals surface area contributed by atoms with Gasteiger partial charge in [-0.05, 0) is 53.7 Å². The van der Waals surface area contributed by atoms with E-state index in [1.165, 1.54) is 35.2 Å². The highest BCUT2D eigenvalue weighted by Crippen LogP contribution is 2.23. The van der Waals surface area contributed by atoms with Crippen molar-refractivity contribution in [3.8, 4) is 0 Å². The van der Waals surface area contributed by atoms with Crippen LogP contribution in [-0.2, 0) is 6.54 Å². The van der Waals surface area contributed by atoms with E-state index in [9.17, 15) is 0 Å². The number of hydrogen-bond donors (Lipinski definition) is 2. The predicted octanol–water partition coefficient (Wildman–Crippen LogP) is 3.13. The second kappa shape index (κ2) is 5.63. The van der Waals surface area contributed by atoms with Gasteiger partial charge in [0, 0.05) is 28.0 Å². The molecule has 1 atom stereocenters. The van der Waals surface area contributed by atoms with Gasteiger partial charge in [0.1, 0.15) is 0 Å². The third-order valence-corrected chi connectivity index (χ3v) is 5.13. The Labute approximate surface area is 110 Å². The lowest BCUT2D eigenvalue weighted by atomic mass is 9.91. The first-order valence-electron chi connectivity index (χ1n) is 5.87. The quantitative estimate of drug-likeness (QED) is 0.893. The van der Waals surface area contributed by atoms with Crippen LogP contribution in [0.4, 0.5) is 0 Å². The molecule has 0 spiro atoms. The van der Waals surface area contributed by atoms with Gasteiger partial charge in [-0.1, -0.05) is 6.42 Å². The van der Waals surface area contributed by atoms with E-state index in [0.717, 1.165) is 13.1 Å². The summed E-state index contributed by atoms with van der Waals surface area (Å²) in [6, 6.07) is 2.11. The lowest BCUT2D eigenvalue weighted by molar-refractivity contribution is 0.267. The van der Waals surface area contributed by atoms with Crippen LogP contribution in [0.15, 0.2) is 15.9 Å². The van der Waals surface area contributed by atoms with Gasteiger partial charge in [-0.25, -0.2) is 0 Å². The van der Waals surface area contributed by atoms with Gasteiger partial charge < -0.3 is 10.6 Å². The third-order valence-electron chi connectivity index (χ3n) is 3.20. The maximum atomic E-state index is 3.62. The Morgan fingerprint density at radius 3 is 3.06 bits per heavy atom. The zero-order valence-electron chi connectivity index (χ0n) is 9.68. The van der Waals surface area contributed by atoms with Crippen molar-refractivity contribution in [1.82, 2.24) is 10.6 Å². The van der Waals surface area contributed by atoms with E-state index in [0.29, 0.717) is 5.54 Å². The summed E-state index contributed by atoms with van der Waals surface area (Å²) in [6.07, 6.45) is 3.96. The monoisotopic (exact) mass is 302 g/mol. The van der Waals surface area contributed by atoms with Crippen LogP contribution in [-0.4, -0.2) is 18.6 Å². The second-order valence-electron chi connectivity index (χ2n) is 4.74. The molecule has 2 N–H and O–H groups in total. The van der Waals surface area contributed by atoms with E-state index < -0.39 is 0 Å². The minimum Gasteiger partial charge on any atom is -0.310 e. The normalized spacial score (nSPS) is 25.9. The van der Waals surface area contributed by atoms with E-state index in [1.807, 2.05) is 0 Å². The minimum absolute atomic E-state index is 0.294. The van der Waals surface area contributed by atoms with Crippen molar-refractivity contribution < 1.29 is 0 Å². The Morgan fingerprint density at radius 1 is 1.56 bits per heavy atom. The van der Waals surface area contributed by atoms with Crippen LogP contribution in [0.2, 0.25) is 0 Å². The van der Waals surface area contributed by atoms with Crippen LogP contribution in [0.5, 0.6) is 0 Å². The third kappa shape index (κ3) is 3.29. The number of halogens is 1. The van der Waals surface area contributed by atoms with Crippen molar-refractivity contribution in [3.05, 3.63) is 20.8 Å². The molecule has 1 aromatic heterocycles. The summed E-state index contributed by atoms with van der Waals surface area (Å²) in [5, 5.41) is 9.30. The van der Waals surface area contributed by atoms with Crippen molar-refractivity contribution in [2.45, 2.75) is 38.3 Å². The molecule has 1 unspecified atom stereocenters. The fourth-order valence-electron chi connectivity index (χ4n) is 2.17. The van der Waals surface area contributed by atoms with Gasteiger partial charge in [0.25, 0.3) is 0 Å². The topological polar surface area (TPSA) is 24.1 Å². The van der Waals surface area contributed by atoms with Crippen molar-refractivity contribution >= 4 is 27.3 Å². The van der Waals surface area contributed by atoms with Gasteiger partial charge in [-0.3, -0.25) is 0 Å². The summed E-state index contributed by atoms with van der Waals surface area (Å²) < 4.78 is 1.23. The predicted molar refractivity (Wildman–Crippen MR) is 74.0 cm³/mol. The van der Waals surface area contributed by atoms with Gasteiger partial charge in [0.2, 0.25) is 0 Å². The van der Waals surface area contributed by atoms with Crippen LogP contribution < -0.4 is 10.6 Å². The second-order valence-corrected chi connectivity index (χ2v) is 6.59. The van der Waals surface area contributed by atoms with Crippen LogP contribution >= 0.6 is 27.3 Å². The molecule has 1 fully saturated rings. The fraction of sp³-hybridized carbons (Fsp3) is 0.667. The lowest BCUT2D eigenvalue weighted by Crippen LogP contribution is -2.52. The largest absolute Gasteiger partial charge is 0.310 e. The summed E-state index contributed by atoms with van der Waals surface area (Å²) in [6.45, 7) is 5.51. The maximum absolute atomic E-state index is 3.62. The number of nitrogens with one attached hydrogen (secondary N) is 2. The summed E-state index contributed by atoms with van der Waals surface area (Å²) in [5.74, 6) is 0. The number of hydrogen-bond acceptors (Lipinski definition) is 3. The molecule has 2 nitrogen and oxygen atoms in total. The highest BCUT2D eigenvalue weighted by molar-refractivity contribution is 9.10. The molecule has 0 radical (unpaired) electrons. The molecule has 0 aliphatic carbocycles. The highest BCUT2D eigenvalue weighted by Gasteiger charge is 2.25. The molecule has 0 bridgehead atoms. The molecule has 16 heavy (non-hydrogen) atoms. The molecule has 2 heterocycles. The smallest absolute Gasteiger partial charge is 0.0327 e. The van der Waals surface area contributed by atoms with Crippen molar-refractivity contribution in [2.24, 2.45) is 0 Å². The first-order chi connectivity index (χ1) is 7.70. The SMILES string of the molecule is CC1(CNCc2sccc2Br)CCCCN1. The van der Waals surface area contributed by atoms with E-state index >= 15 is 0 Å². The number of piperidine rings is 1. The average molecular weight is 303 g/mol. The average Bonchev–Trinajstić information content (AvgIpc) is 2.65. The Balaban J connectivity index is 1.77. The van der Waals surface area contributed by atoms with Crippen molar-refractivity contribution in [3.63, 3.8) is 0 Å². The first-order valence-corrected chi connectivity index (χ1v) is 7.54. The van der Waals surface area contributed by atoms with Gasteiger partial charge in [-0.15, -0.1) is 11.3 Å². The van der Waals surface area contributed by atoms with Gasteiger partial charge in [0.05, 0.1) is 0 Å². The van der Waals surface area contributed by atoms with Crippen LogP contribution in [0.25, 0.3) is 0 Å². The Kier molecular flexibility index (Phi) is 4.41. The van der Waals surface area contributed by atoms with Gasteiger partial charge in [0.15, 0.2) is 0 Å². The highest BCUT2D eigenvalue weighted by atomic mass is 79.9. The standard InChI is InChI=1S/C12H19BrN2S/c1-12(5-2-3-6-15-12)9-14-8-11-10(13)4-7-16-11/h4,7,14-15H,2-3,5-6,8-9H2,1H3. The van der Waals surface area contributed by atoms with Gasteiger partial charge in [-0.2, -0.15) is 0 Å². The summed E-state index contributed by atoms with van der Waals surface area (Å²) >= 11 is 5.37. The molecule has 1 aliphatic heterocycles. The van der Waals surface area contributed by atoms with Crippen molar-refractivity contribution in [1.29, 1.82) is 0 Å². The Hall–Kier alpha value is 0.1000. The lowest BCUT2D eigenvalue weighted by Gasteiger charge is -2.35. The molecular weight excluding hydrogens is 284 g/mol. The van der Waals surface area contributed by atoms with Gasteiger partial charge >= 0.3 is 0 Å². The van der Waals surface area contributed by atoms with Crippen molar-refractivity contribution in [2.75, 3.05) is 13.1 Å². The molecular formula is C12H19BrN2S. The Morgan fingerprint density at radius 2 is 2.44 bits per heavy atom. The van der Waals surface area contributed by atoms with Crippen LogP contribution in [0.3, 0.4) is 0 Å². The molecule has 0 saturated carbocycles. The van der Waals surface area contributed by atoms with E-state index in [4.69, 9.17) is 0 Å². The number of rotatable bonds is 4. The number of thiophene rings is 1. The first kappa shape index (κ1) is 12.6. The van der Waals surface area contributed by atoms with E-state index in [-0.39, 0.29) is 0 Å². The molecule has 1 aliphatic rings. The molecule has 1 aromatic rings. The summed E-state index contributed by atoms with van der Waals surface area (Å²) in [7, 11) is 0. The molecule has 90 valence electrons. The summed E-state index contributed by atoms with van der Waals surface area (Å²) in [4.78, 5) is 1.39. The van der Waals surface area contributed by atoms with Crippen LogP contribution in [0, 0.1) is 0 Å². The fourth-order valence-corrected chi connectivity index (χ4v) is 3.63. The molecule has 1 saturated heterocycles. The van der Waals surface area contributed by atoms with E-state index in [1.54, 1.807) is 11.3 Å². The molecule has 0 amide bonds. The zero-order chi connectivity index (χ0) is 11.4. The summed E-state index contributed by atoms with van der Waals surface area (Å²) in [5.41, 5.74) is 0.294. The maximum Gasteiger partial charge on any atom is 0.0327 e. The zero-order valence-corrected chi connectivity index (χ0v) is 12.1. The van der Waals surface area contributed by atoms with Crippen LogP contribution in [0.1, 0.15) is 31.1 Å². The molecule has 4 heteroatoms. The molecule has 0 aromatic carbocycles. The minimum atomic E-state index is 0.294.